The lowest BCUT2D eigenvalue weighted by Crippen LogP contribution is -2.43. The Balaban J connectivity index is 2.20. The van der Waals surface area contributed by atoms with Gasteiger partial charge in [0.2, 0.25) is 5.91 Å². The maximum Gasteiger partial charge on any atom is 0.224 e. The van der Waals surface area contributed by atoms with Gasteiger partial charge in [0.15, 0.2) is 0 Å². The summed E-state index contributed by atoms with van der Waals surface area (Å²) in [4.78, 5) is 16.8. The molecule has 0 spiro atoms. The highest BCUT2D eigenvalue weighted by molar-refractivity contribution is 5.78. The molecule has 0 saturated carbocycles. The summed E-state index contributed by atoms with van der Waals surface area (Å²) in [5.74, 6) is 0.294. The van der Waals surface area contributed by atoms with Crippen molar-refractivity contribution in [2.24, 2.45) is 5.92 Å². The van der Waals surface area contributed by atoms with Gasteiger partial charge in [0.1, 0.15) is 0 Å². The first-order valence-corrected chi connectivity index (χ1v) is 8.30. The fourth-order valence-electron chi connectivity index (χ4n) is 2.88. The van der Waals surface area contributed by atoms with Gasteiger partial charge >= 0.3 is 0 Å². The summed E-state index contributed by atoms with van der Waals surface area (Å²) < 4.78 is 0. The molecule has 0 bridgehead atoms. The van der Waals surface area contributed by atoms with Gasteiger partial charge in [0.05, 0.1) is 12.0 Å². The van der Waals surface area contributed by atoms with Crippen LogP contribution < -0.4 is 5.32 Å². The molecule has 1 aliphatic rings. The van der Waals surface area contributed by atoms with Gasteiger partial charge in [-0.05, 0) is 45.4 Å². The number of nitrogens with one attached hydrogen (secondary N) is 1. The quantitative estimate of drug-likeness (QED) is 0.654. The number of likely N-dealkylation sites (tertiary alicyclic amines) is 1. The van der Waals surface area contributed by atoms with Gasteiger partial charge < -0.3 is 15.1 Å². The molecule has 1 rings (SSSR count). The number of hydrogen-bond acceptors (Lipinski definition) is 4. The molecular formula is C16H30N4O. The Morgan fingerprint density at radius 1 is 1.43 bits per heavy atom. The van der Waals surface area contributed by atoms with Crippen LogP contribution in [0.15, 0.2) is 0 Å². The van der Waals surface area contributed by atoms with E-state index < -0.39 is 0 Å². The van der Waals surface area contributed by atoms with Gasteiger partial charge in [0.25, 0.3) is 0 Å². The Kier molecular flexibility index (Phi) is 9.04. The third kappa shape index (κ3) is 6.92. The van der Waals surface area contributed by atoms with E-state index in [9.17, 15) is 4.79 Å². The second-order valence-corrected chi connectivity index (χ2v) is 5.72. The maximum absolute atomic E-state index is 12.2. The fourth-order valence-corrected chi connectivity index (χ4v) is 2.88. The topological polar surface area (TPSA) is 59.4 Å². The van der Waals surface area contributed by atoms with Crippen LogP contribution in [-0.4, -0.2) is 61.5 Å². The van der Waals surface area contributed by atoms with E-state index in [1.807, 2.05) is 0 Å². The van der Waals surface area contributed by atoms with Gasteiger partial charge in [-0.15, -0.1) is 0 Å². The zero-order chi connectivity index (χ0) is 15.5. The standard InChI is InChI=1S/C16H30N4O/c1-3-19(4-2)13-7-10-18-16(21)15-8-5-11-20(14-15)12-6-9-17/h15H,3-8,10-14H2,1-2H3,(H,18,21). The van der Waals surface area contributed by atoms with Crippen LogP contribution in [0.4, 0.5) is 0 Å². The van der Waals surface area contributed by atoms with Crippen LogP contribution in [0.1, 0.15) is 39.5 Å². The lowest BCUT2D eigenvalue weighted by molar-refractivity contribution is -0.126. The third-order valence-corrected chi connectivity index (χ3v) is 4.26. The minimum absolute atomic E-state index is 0.103. The smallest absolute Gasteiger partial charge is 0.224 e. The molecule has 0 aliphatic carbocycles. The van der Waals surface area contributed by atoms with Crippen molar-refractivity contribution in [1.82, 2.24) is 15.1 Å². The van der Waals surface area contributed by atoms with Crippen molar-refractivity contribution in [3.05, 3.63) is 0 Å². The molecule has 0 aromatic rings. The number of nitriles is 1. The van der Waals surface area contributed by atoms with E-state index in [2.05, 4.69) is 35.0 Å². The van der Waals surface area contributed by atoms with E-state index in [-0.39, 0.29) is 11.8 Å². The lowest BCUT2D eigenvalue weighted by atomic mass is 9.97. The number of rotatable bonds is 9. The molecule has 1 aliphatic heterocycles. The number of amides is 1. The molecule has 21 heavy (non-hydrogen) atoms. The largest absolute Gasteiger partial charge is 0.356 e. The van der Waals surface area contributed by atoms with Crippen molar-refractivity contribution in [3.8, 4) is 6.07 Å². The van der Waals surface area contributed by atoms with Crippen molar-refractivity contribution in [1.29, 1.82) is 5.26 Å². The fraction of sp³-hybridized carbons (Fsp3) is 0.875. The van der Waals surface area contributed by atoms with Crippen molar-refractivity contribution in [3.63, 3.8) is 0 Å². The Labute approximate surface area is 129 Å². The molecule has 1 N–H and O–H groups in total. The van der Waals surface area contributed by atoms with Crippen molar-refractivity contribution < 1.29 is 4.79 Å². The summed E-state index contributed by atoms with van der Waals surface area (Å²) in [5.41, 5.74) is 0. The molecule has 0 radical (unpaired) electrons. The molecule has 5 heteroatoms. The van der Waals surface area contributed by atoms with Crippen LogP contribution in [0, 0.1) is 17.2 Å². The molecule has 1 atom stereocenters. The highest BCUT2D eigenvalue weighted by Gasteiger charge is 2.25. The van der Waals surface area contributed by atoms with E-state index in [1.165, 1.54) is 0 Å². The monoisotopic (exact) mass is 294 g/mol. The summed E-state index contributed by atoms with van der Waals surface area (Å²) in [5, 5.41) is 11.7. The number of carbonyl (C=O) groups is 1. The molecule has 1 heterocycles. The number of carbonyl (C=O) groups excluding carboxylic acids is 1. The predicted molar refractivity (Wildman–Crippen MR) is 84.8 cm³/mol. The average molecular weight is 294 g/mol. The van der Waals surface area contributed by atoms with Gasteiger partial charge in [-0.2, -0.15) is 5.26 Å². The summed E-state index contributed by atoms with van der Waals surface area (Å²) >= 11 is 0. The Morgan fingerprint density at radius 2 is 2.19 bits per heavy atom. The highest BCUT2D eigenvalue weighted by atomic mass is 16.1. The summed E-state index contributed by atoms with van der Waals surface area (Å²) in [7, 11) is 0. The van der Waals surface area contributed by atoms with Gasteiger partial charge in [-0.1, -0.05) is 13.8 Å². The number of nitrogens with zero attached hydrogens (tertiary/aromatic N) is 3. The molecule has 1 unspecified atom stereocenters. The Hall–Kier alpha value is -1.12. The Bertz CT molecular complexity index is 336. The molecule has 1 saturated heterocycles. The van der Waals surface area contributed by atoms with Crippen LogP contribution in [0.3, 0.4) is 0 Å². The highest BCUT2D eigenvalue weighted by Crippen LogP contribution is 2.16. The second kappa shape index (κ2) is 10.6. The zero-order valence-corrected chi connectivity index (χ0v) is 13.6. The first kappa shape index (κ1) is 17.9. The average Bonchev–Trinajstić information content (AvgIpc) is 2.53. The van der Waals surface area contributed by atoms with Gasteiger partial charge in [-0.3, -0.25) is 4.79 Å². The van der Waals surface area contributed by atoms with Gasteiger partial charge in [-0.25, -0.2) is 0 Å². The second-order valence-electron chi connectivity index (χ2n) is 5.72. The SMILES string of the molecule is CCN(CC)CCCNC(=O)C1CCCN(CCC#N)C1. The van der Waals surface area contributed by atoms with Crippen LogP contribution in [0.2, 0.25) is 0 Å². The first-order valence-electron chi connectivity index (χ1n) is 8.30. The minimum Gasteiger partial charge on any atom is -0.356 e. The predicted octanol–water partition coefficient (Wildman–Crippen LogP) is 1.46. The van der Waals surface area contributed by atoms with Crippen LogP contribution in [0.5, 0.6) is 0 Å². The molecular weight excluding hydrogens is 264 g/mol. The minimum atomic E-state index is 0.103. The van der Waals surface area contributed by atoms with Crippen molar-refractivity contribution in [2.75, 3.05) is 45.8 Å². The Morgan fingerprint density at radius 3 is 2.86 bits per heavy atom. The number of hydrogen-bond donors (Lipinski definition) is 1. The molecule has 0 aromatic heterocycles. The molecule has 0 aromatic carbocycles. The molecule has 5 nitrogen and oxygen atoms in total. The third-order valence-electron chi connectivity index (χ3n) is 4.26. The normalized spacial score (nSPS) is 19.4. The summed E-state index contributed by atoms with van der Waals surface area (Å²) in [6.07, 6.45) is 3.60. The van der Waals surface area contributed by atoms with Crippen LogP contribution in [-0.2, 0) is 4.79 Å². The molecule has 1 amide bonds. The van der Waals surface area contributed by atoms with Crippen LogP contribution in [0.25, 0.3) is 0 Å². The van der Waals surface area contributed by atoms with E-state index >= 15 is 0 Å². The van der Waals surface area contributed by atoms with E-state index in [1.54, 1.807) is 0 Å². The van der Waals surface area contributed by atoms with E-state index in [0.29, 0.717) is 6.42 Å². The van der Waals surface area contributed by atoms with Crippen molar-refractivity contribution >= 4 is 5.91 Å². The maximum atomic E-state index is 12.2. The summed E-state index contributed by atoms with van der Waals surface area (Å²) in [6, 6.07) is 2.18. The first-order chi connectivity index (χ1) is 10.2. The van der Waals surface area contributed by atoms with Crippen LogP contribution >= 0.6 is 0 Å². The molecule has 1 fully saturated rings. The number of piperidine rings is 1. The molecule has 120 valence electrons. The van der Waals surface area contributed by atoms with Crippen molar-refractivity contribution in [2.45, 2.75) is 39.5 Å². The summed E-state index contributed by atoms with van der Waals surface area (Å²) in [6.45, 7) is 10.9. The zero-order valence-electron chi connectivity index (χ0n) is 13.6. The lowest BCUT2D eigenvalue weighted by Gasteiger charge is -2.31. The van der Waals surface area contributed by atoms with Gasteiger partial charge in [0, 0.05) is 26.1 Å². The van der Waals surface area contributed by atoms with E-state index in [4.69, 9.17) is 5.26 Å². The van der Waals surface area contributed by atoms with E-state index in [0.717, 1.165) is 65.1 Å².